The molecule has 2 aliphatic rings. The number of urea groups is 1. The highest BCUT2D eigenvalue weighted by atomic mass is 16.2. The number of amides is 2. The van der Waals surface area contributed by atoms with E-state index in [2.05, 4.69) is 17.3 Å². The van der Waals surface area contributed by atoms with E-state index in [4.69, 9.17) is 0 Å². The molecule has 0 radical (unpaired) electrons. The molecular formula is C14H28N4O. The van der Waals surface area contributed by atoms with E-state index in [0.29, 0.717) is 6.04 Å². The van der Waals surface area contributed by atoms with Crippen LogP contribution in [-0.4, -0.2) is 80.1 Å². The lowest BCUT2D eigenvalue weighted by atomic mass is 10.1. The summed E-state index contributed by atoms with van der Waals surface area (Å²) in [5.41, 5.74) is 0. The van der Waals surface area contributed by atoms with E-state index in [0.717, 1.165) is 45.1 Å². The van der Waals surface area contributed by atoms with Crippen molar-refractivity contribution in [3.8, 4) is 0 Å². The molecule has 1 saturated carbocycles. The summed E-state index contributed by atoms with van der Waals surface area (Å²) in [6.07, 6.45) is 4.91. The maximum absolute atomic E-state index is 11.8. The highest BCUT2D eigenvalue weighted by molar-refractivity contribution is 5.73. The largest absolute Gasteiger partial charge is 0.331 e. The molecule has 2 fully saturated rings. The number of carbonyl (C=O) groups is 1. The van der Waals surface area contributed by atoms with E-state index in [1.54, 1.807) is 4.90 Å². The summed E-state index contributed by atoms with van der Waals surface area (Å²) in [5, 5.41) is 3.63. The molecule has 0 aromatic carbocycles. The number of hydrogen-bond acceptors (Lipinski definition) is 3. The topological polar surface area (TPSA) is 38.8 Å². The average Bonchev–Trinajstić information content (AvgIpc) is 3.23. The van der Waals surface area contributed by atoms with Gasteiger partial charge < -0.3 is 20.0 Å². The molecule has 19 heavy (non-hydrogen) atoms. The van der Waals surface area contributed by atoms with Crippen molar-refractivity contribution in [3.05, 3.63) is 0 Å². The van der Waals surface area contributed by atoms with Crippen LogP contribution in [0.4, 0.5) is 4.79 Å². The van der Waals surface area contributed by atoms with E-state index in [1.165, 1.54) is 12.8 Å². The Morgan fingerprint density at radius 2 is 1.79 bits per heavy atom. The second-order valence-electron chi connectivity index (χ2n) is 6.10. The summed E-state index contributed by atoms with van der Waals surface area (Å²) in [4.78, 5) is 17.9. The number of nitrogens with zero attached hydrogens (tertiary/aromatic N) is 3. The molecule has 0 unspecified atom stereocenters. The third-order valence-electron chi connectivity index (χ3n) is 4.22. The minimum Gasteiger partial charge on any atom is -0.331 e. The van der Waals surface area contributed by atoms with Gasteiger partial charge in [-0.05, 0) is 32.7 Å². The summed E-state index contributed by atoms with van der Waals surface area (Å²) in [6.45, 7) is 3.97. The Morgan fingerprint density at radius 3 is 2.32 bits per heavy atom. The van der Waals surface area contributed by atoms with Gasteiger partial charge in [0.05, 0.1) is 0 Å². The first-order chi connectivity index (χ1) is 9.08. The molecule has 5 heteroatoms. The lowest BCUT2D eigenvalue weighted by Gasteiger charge is -2.34. The Hall–Kier alpha value is -0.810. The van der Waals surface area contributed by atoms with Gasteiger partial charge in [-0.3, -0.25) is 0 Å². The van der Waals surface area contributed by atoms with E-state index < -0.39 is 0 Å². The molecule has 5 nitrogen and oxygen atoms in total. The van der Waals surface area contributed by atoms with Gasteiger partial charge in [0.1, 0.15) is 0 Å². The lowest BCUT2D eigenvalue weighted by molar-refractivity contribution is 0.152. The standard InChI is InChI=1S/C14H28N4O/c1-16(2)14(19)18-9-6-12(7-10-18)15-8-11-17(3)13-4-5-13/h12-13,15H,4-11H2,1-3H3. The Morgan fingerprint density at radius 1 is 1.16 bits per heavy atom. The fraction of sp³-hybridized carbons (Fsp3) is 0.929. The van der Waals surface area contributed by atoms with Gasteiger partial charge >= 0.3 is 6.03 Å². The van der Waals surface area contributed by atoms with E-state index in [-0.39, 0.29) is 6.03 Å². The number of piperidine rings is 1. The zero-order valence-electron chi connectivity index (χ0n) is 12.6. The van der Waals surface area contributed by atoms with Gasteiger partial charge in [0.15, 0.2) is 0 Å². The lowest BCUT2D eigenvalue weighted by Crippen LogP contribution is -2.48. The smallest absolute Gasteiger partial charge is 0.319 e. The fourth-order valence-corrected chi connectivity index (χ4v) is 2.70. The van der Waals surface area contributed by atoms with Crippen molar-refractivity contribution in [2.75, 3.05) is 47.3 Å². The second kappa shape index (κ2) is 6.57. The van der Waals surface area contributed by atoms with E-state index in [9.17, 15) is 4.79 Å². The second-order valence-corrected chi connectivity index (χ2v) is 6.10. The van der Waals surface area contributed by atoms with Gasteiger partial charge in [0.25, 0.3) is 0 Å². The first-order valence-electron chi connectivity index (χ1n) is 7.48. The molecule has 1 saturated heterocycles. The molecule has 0 bridgehead atoms. The van der Waals surface area contributed by atoms with Gasteiger partial charge in [0, 0.05) is 52.4 Å². The van der Waals surface area contributed by atoms with Crippen LogP contribution in [0.15, 0.2) is 0 Å². The minimum absolute atomic E-state index is 0.145. The number of likely N-dealkylation sites (tertiary alicyclic amines) is 1. The number of likely N-dealkylation sites (N-methyl/N-ethyl adjacent to an activating group) is 1. The highest BCUT2D eigenvalue weighted by Crippen LogP contribution is 2.24. The van der Waals surface area contributed by atoms with Crippen molar-refractivity contribution in [2.45, 2.75) is 37.8 Å². The van der Waals surface area contributed by atoms with E-state index in [1.807, 2.05) is 19.0 Å². The first-order valence-corrected chi connectivity index (χ1v) is 7.48. The van der Waals surface area contributed by atoms with Crippen LogP contribution < -0.4 is 5.32 Å². The van der Waals surface area contributed by atoms with Crippen LogP contribution in [0.1, 0.15) is 25.7 Å². The van der Waals surface area contributed by atoms with Gasteiger partial charge in [-0.15, -0.1) is 0 Å². The Kier molecular flexibility index (Phi) is 5.05. The van der Waals surface area contributed by atoms with Crippen molar-refractivity contribution in [3.63, 3.8) is 0 Å². The van der Waals surface area contributed by atoms with Crippen LogP contribution in [0.25, 0.3) is 0 Å². The molecule has 1 aliphatic heterocycles. The van der Waals surface area contributed by atoms with Crippen molar-refractivity contribution in [1.29, 1.82) is 0 Å². The van der Waals surface area contributed by atoms with Crippen molar-refractivity contribution in [1.82, 2.24) is 20.0 Å². The maximum Gasteiger partial charge on any atom is 0.319 e. The molecule has 2 amide bonds. The molecule has 0 spiro atoms. The molecule has 1 heterocycles. The fourth-order valence-electron chi connectivity index (χ4n) is 2.70. The molecule has 0 atom stereocenters. The molecular weight excluding hydrogens is 240 g/mol. The van der Waals surface area contributed by atoms with Crippen molar-refractivity contribution in [2.24, 2.45) is 0 Å². The summed E-state index contributed by atoms with van der Waals surface area (Å²) in [6, 6.07) is 1.58. The Labute approximate surface area is 116 Å². The van der Waals surface area contributed by atoms with Gasteiger partial charge in [-0.1, -0.05) is 0 Å². The number of carbonyl (C=O) groups excluding carboxylic acids is 1. The van der Waals surface area contributed by atoms with E-state index >= 15 is 0 Å². The number of nitrogens with one attached hydrogen (secondary N) is 1. The van der Waals surface area contributed by atoms with Crippen LogP contribution in [0.5, 0.6) is 0 Å². The van der Waals surface area contributed by atoms with Crippen molar-refractivity contribution < 1.29 is 4.79 Å². The third kappa shape index (κ3) is 4.35. The quantitative estimate of drug-likeness (QED) is 0.802. The van der Waals surface area contributed by atoms with Gasteiger partial charge in [-0.25, -0.2) is 4.79 Å². The molecule has 1 N–H and O–H groups in total. The maximum atomic E-state index is 11.8. The summed E-state index contributed by atoms with van der Waals surface area (Å²) >= 11 is 0. The van der Waals surface area contributed by atoms with Crippen LogP contribution in [0, 0.1) is 0 Å². The zero-order chi connectivity index (χ0) is 13.8. The molecule has 110 valence electrons. The summed E-state index contributed by atoms with van der Waals surface area (Å²) in [5.74, 6) is 0. The van der Waals surface area contributed by atoms with Crippen LogP contribution in [0.3, 0.4) is 0 Å². The summed E-state index contributed by atoms with van der Waals surface area (Å²) in [7, 11) is 5.86. The highest BCUT2D eigenvalue weighted by Gasteiger charge is 2.26. The summed E-state index contributed by atoms with van der Waals surface area (Å²) < 4.78 is 0. The van der Waals surface area contributed by atoms with Gasteiger partial charge in [-0.2, -0.15) is 0 Å². The normalized spacial score (nSPS) is 20.9. The molecule has 0 aromatic heterocycles. The SMILES string of the molecule is CN(C)C(=O)N1CCC(NCCN(C)C2CC2)CC1. The molecule has 1 aliphatic carbocycles. The Bertz CT molecular complexity index is 296. The number of hydrogen-bond donors (Lipinski definition) is 1. The monoisotopic (exact) mass is 268 g/mol. The third-order valence-corrected chi connectivity index (χ3v) is 4.22. The first kappa shape index (κ1) is 14.6. The minimum atomic E-state index is 0.145. The van der Waals surface area contributed by atoms with Crippen LogP contribution in [-0.2, 0) is 0 Å². The average molecular weight is 268 g/mol. The molecule has 0 aromatic rings. The van der Waals surface area contributed by atoms with Gasteiger partial charge in [0.2, 0.25) is 0 Å². The van der Waals surface area contributed by atoms with Crippen LogP contribution >= 0.6 is 0 Å². The Balaban J connectivity index is 1.59. The number of rotatable bonds is 5. The van der Waals surface area contributed by atoms with Crippen molar-refractivity contribution >= 4 is 6.03 Å². The predicted octanol–water partition coefficient (Wildman–Crippen LogP) is 0.816. The van der Waals surface area contributed by atoms with Crippen LogP contribution in [0.2, 0.25) is 0 Å². The predicted molar refractivity (Wildman–Crippen MR) is 77.3 cm³/mol. The zero-order valence-corrected chi connectivity index (χ0v) is 12.6. The molecule has 2 rings (SSSR count).